The van der Waals surface area contributed by atoms with Crippen molar-refractivity contribution in [3.05, 3.63) is 54.9 Å². The molecule has 1 aliphatic carbocycles. The van der Waals surface area contributed by atoms with E-state index in [4.69, 9.17) is 9.72 Å². The molecule has 9 heteroatoms. The SMILES string of the molecule is CN(C)[C@@H]1CCN(c2cc(-c3cc(Oc4ccc5nc(N[C@@H]6CCCC[C@H]6O)sc5c4)ccn3)ccn2)C1. The first-order chi connectivity index (χ1) is 18.5. The van der Waals surface area contributed by atoms with Gasteiger partial charge in [0.25, 0.3) is 0 Å². The molecule has 38 heavy (non-hydrogen) atoms. The van der Waals surface area contributed by atoms with E-state index in [2.05, 4.69) is 45.2 Å². The van der Waals surface area contributed by atoms with E-state index >= 15 is 0 Å². The summed E-state index contributed by atoms with van der Waals surface area (Å²) in [6.07, 6.45) is 8.54. The van der Waals surface area contributed by atoms with E-state index in [9.17, 15) is 5.11 Å². The van der Waals surface area contributed by atoms with Crippen molar-refractivity contribution in [3.63, 3.8) is 0 Å². The van der Waals surface area contributed by atoms with E-state index in [1.54, 1.807) is 17.5 Å². The van der Waals surface area contributed by atoms with Crippen LogP contribution in [0.2, 0.25) is 0 Å². The first-order valence-electron chi connectivity index (χ1n) is 13.4. The highest BCUT2D eigenvalue weighted by atomic mass is 32.1. The minimum Gasteiger partial charge on any atom is -0.457 e. The normalized spacial score (nSPS) is 21.8. The molecule has 4 heterocycles. The predicted octanol–water partition coefficient (Wildman–Crippen LogP) is 5.40. The van der Waals surface area contributed by atoms with E-state index in [1.807, 2.05) is 42.6 Å². The third kappa shape index (κ3) is 5.45. The summed E-state index contributed by atoms with van der Waals surface area (Å²) in [5.74, 6) is 2.47. The van der Waals surface area contributed by atoms with Gasteiger partial charge in [-0.3, -0.25) is 4.98 Å². The van der Waals surface area contributed by atoms with Crippen molar-refractivity contribution < 1.29 is 9.84 Å². The summed E-state index contributed by atoms with van der Waals surface area (Å²) in [6, 6.07) is 14.5. The van der Waals surface area contributed by atoms with Gasteiger partial charge in [0, 0.05) is 49.2 Å². The van der Waals surface area contributed by atoms with Crippen molar-refractivity contribution in [2.75, 3.05) is 37.4 Å². The lowest BCUT2D eigenvalue weighted by Crippen LogP contribution is -2.36. The Labute approximate surface area is 227 Å². The summed E-state index contributed by atoms with van der Waals surface area (Å²) in [5.41, 5.74) is 2.80. The number of nitrogens with one attached hydrogen (secondary N) is 1. The van der Waals surface area contributed by atoms with Gasteiger partial charge in [-0.05, 0) is 63.7 Å². The maximum absolute atomic E-state index is 10.3. The Bertz CT molecular complexity index is 1410. The molecule has 0 spiro atoms. The molecule has 3 aromatic heterocycles. The van der Waals surface area contributed by atoms with Crippen molar-refractivity contribution in [1.29, 1.82) is 0 Å². The molecule has 0 amide bonds. The first kappa shape index (κ1) is 25.0. The number of rotatable bonds is 7. The number of hydrogen-bond acceptors (Lipinski definition) is 9. The van der Waals surface area contributed by atoms with E-state index in [0.717, 1.165) is 89.1 Å². The number of hydrogen-bond donors (Lipinski definition) is 2. The molecule has 1 saturated carbocycles. The van der Waals surface area contributed by atoms with Gasteiger partial charge in [-0.15, -0.1) is 0 Å². The highest BCUT2D eigenvalue weighted by Crippen LogP contribution is 2.34. The molecule has 0 radical (unpaired) electrons. The van der Waals surface area contributed by atoms with Crippen LogP contribution in [0.25, 0.3) is 21.5 Å². The van der Waals surface area contributed by atoms with Gasteiger partial charge in [-0.2, -0.15) is 0 Å². The first-order valence-corrected chi connectivity index (χ1v) is 14.2. The molecule has 1 aromatic carbocycles. The van der Waals surface area contributed by atoms with Crippen LogP contribution in [0.3, 0.4) is 0 Å². The van der Waals surface area contributed by atoms with Gasteiger partial charge in [-0.25, -0.2) is 9.97 Å². The Morgan fingerprint density at radius 1 is 1.00 bits per heavy atom. The number of ether oxygens (including phenoxy) is 1. The van der Waals surface area contributed by atoms with Crippen LogP contribution in [0.5, 0.6) is 11.5 Å². The molecule has 2 N–H and O–H groups in total. The fraction of sp³-hybridized carbons (Fsp3) is 0.414. The number of likely N-dealkylation sites (N-methyl/N-ethyl adjacent to an activating group) is 1. The number of aromatic nitrogens is 3. The number of fused-ring (bicyclic) bond motifs is 1. The quantitative estimate of drug-likeness (QED) is 0.328. The maximum atomic E-state index is 10.3. The van der Waals surface area contributed by atoms with Crippen molar-refractivity contribution in [3.8, 4) is 22.8 Å². The number of aliphatic hydroxyl groups is 1. The molecule has 8 nitrogen and oxygen atoms in total. The lowest BCUT2D eigenvalue weighted by atomic mass is 9.93. The predicted molar refractivity (Wildman–Crippen MR) is 153 cm³/mol. The average Bonchev–Trinajstić information content (AvgIpc) is 3.58. The van der Waals surface area contributed by atoms with Crippen LogP contribution < -0.4 is 15.0 Å². The number of pyridine rings is 2. The van der Waals surface area contributed by atoms with Crippen LogP contribution in [0, 0.1) is 0 Å². The summed E-state index contributed by atoms with van der Waals surface area (Å²) < 4.78 is 7.29. The van der Waals surface area contributed by atoms with Crippen molar-refractivity contribution >= 4 is 32.5 Å². The van der Waals surface area contributed by atoms with Crippen LogP contribution in [-0.4, -0.2) is 70.3 Å². The van der Waals surface area contributed by atoms with Crippen molar-refractivity contribution in [1.82, 2.24) is 19.9 Å². The summed E-state index contributed by atoms with van der Waals surface area (Å²) >= 11 is 1.59. The number of anilines is 2. The second-order valence-electron chi connectivity index (χ2n) is 10.5. The van der Waals surface area contributed by atoms with Crippen LogP contribution in [0.1, 0.15) is 32.1 Å². The Morgan fingerprint density at radius 2 is 1.84 bits per heavy atom. The van der Waals surface area contributed by atoms with Crippen LogP contribution in [0.15, 0.2) is 54.9 Å². The minimum absolute atomic E-state index is 0.0730. The second kappa shape index (κ2) is 10.8. The summed E-state index contributed by atoms with van der Waals surface area (Å²) in [6.45, 7) is 1.99. The van der Waals surface area contributed by atoms with Crippen molar-refractivity contribution in [2.45, 2.75) is 50.3 Å². The van der Waals surface area contributed by atoms with Crippen LogP contribution >= 0.6 is 11.3 Å². The fourth-order valence-electron chi connectivity index (χ4n) is 5.36. The zero-order chi connectivity index (χ0) is 26.1. The molecule has 1 aliphatic heterocycles. The summed E-state index contributed by atoms with van der Waals surface area (Å²) in [5, 5.41) is 14.6. The zero-order valence-corrected chi connectivity index (χ0v) is 22.7. The molecule has 0 unspecified atom stereocenters. The molecule has 4 aromatic rings. The fourth-order valence-corrected chi connectivity index (χ4v) is 6.32. The lowest BCUT2D eigenvalue weighted by Gasteiger charge is -2.27. The molecule has 2 aliphatic rings. The molecule has 198 valence electrons. The van der Waals surface area contributed by atoms with Gasteiger partial charge < -0.3 is 25.0 Å². The third-order valence-electron chi connectivity index (χ3n) is 7.62. The number of thiazole rings is 1. The number of nitrogens with zero attached hydrogens (tertiary/aromatic N) is 5. The average molecular weight is 531 g/mol. The van der Waals surface area contributed by atoms with E-state index in [1.165, 1.54) is 0 Å². The maximum Gasteiger partial charge on any atom is 0.184 e. The minimum atomic E-state index is -0.308. The largest absolute Gasteiger partial charge is 0.457 e. The van der Waals surface area contributed by atoms with Gasteiger partial charge in [-0.1, -0.05) is 24.2 Å². The molecule has 3 atom stereocenters. The second-order valence-corrected chi connectivity index (χ2v) is 11.5. The van der Waals surface area contributed by atoms with Gasteiger partial charge in [0.05, 0.1) is 28.1 Å². The van der Waals surface area contributed by atoms with E-state index < -0.39 is 0 Å². The number of aliphatic hydroxyl groups excluding tert-OH is 1. The van der Waals surface area contributed by atoms with Crippen LogP contribution in [-0.2, 0) is 0 Å². The Hall–Kier alpha value is -3.27. The highest BCUT2D eigenvalue weighted by Gasteiger charge is 2.25. The van der Waals surface area contributed by atoms with Gasteiger partial charge in [0.15, 0.2) is 5.13 Å². The summed E-state index contributed by atoms with van der Waals surface area (Å²) in [7, 11) is 4.28. The Kier molecular flexibility index (Phi) is 7.14. The van der Waals surface area contributed by atoms with E-state index in [-0.39, 0.29) is 12.1 Å². The van der Waals surface area contributed by atoms with E-state index in [0.29, 0.717) is 6.04 Å². The molecule has 0 bridgehead atoms. The Balaban J connectivity index is 1.17. The van der Waals surface area contributed by atoms with Gasteiger partial charge in [0.1, 0.15) is 17.3 Å². The van der Waals surface area contributed by atoms with Crippen molar-refractivity contribution in [2.24, 2.45) is 0 Å². The smallest absolute Gasteiger partial charge is 0.184 e. The zero-order valence-electron chi connectivity index (χ0n) is 21.9. The standard InChI is InChI=1S/C29H34N6O2S/c1-34(2)20-11-14-35(18-20)28-15-19(9-12-31-28)25-16-22(10-13-30-25)37-21-7-8-24-27(17-21)38-29(33-24)32-23-5-3-4-6-26(23)36/h7-10,12-13,15-17,20,23,26,36H,3-6,11,14,18H2,1-2H3,(H,32,33)/t20-,23-,26-/m1/s1. The molecule has 2 fully saturated rings. The Morgan fingerprint density at radius 3 is 2.68 bits per heavy atom. The van der Waals surface area contributed by atoms with Gasteiger partial charge in [0.2, 0.25) is 0 Å². The van der Waals surface area contributed by atoms with Gasteiger partial charge >= 0.3 is 0 Å². The molecular formula is C29H34N6O2S. The third-order valence-corrected chi connectivity index (χ3v) is 8.57. The lowest BCUT2D eigenvalue weighted by molar-refractivity contribution is 0.116. The summed E-state index contributed by atoms with van der Waals surface area (Å²) in [4.78, 5) is 18.6. The monoisotopic (exact) mass is 530 g/mol. The molecular weight excluding hydrogens is 496 g/mol. The number of benzene rings is 1. The van der Waals surface area contributed by atoms with Crippen LogP contribution in [0.4, 0.5) is 10.9 Å². The topological polar surface area (TPSA) is 86.6 Å². The molecule has 1 saturated heterocycles. The molecule has 6 rings (SSSR count). The highest BCUT2D eigenvalue weighted by molar-refractivity contribution is 7.22.